The molecule has 3 nitrogen and oxygen atoms in total. The third kappa shape index (κ3) is 3.23. The molecule has 0 aliphatic carbocycles. The molecule has 1 aliphatic rings. The molecule has 0 aromatic rings. The van der Waals surface area contributed by atoms with E-state index in [-0.39, 0.29) is 0 Å². The van der Waals surface area contributed by atoms with Crippen molar-refractivity contribution in [3.63, 3.8) is 0 Å². The summed E-state index contributed by atoms with van der Waals surface area (Å²) < 4.78 is 0. The summed E-state index contributed by atoms with van der Waals surface area (Å²) in [4.78, 5) is 4.68. The maximum atomic E-state index is 9.21. The van der Waals surface area contributed by atoms with E-state index in [0.29, 0.717) is 18.7 Å². The van der Waals surface area contributed by atoms with Crippen LogP contribution in [0, 0.1) is 0 Å². The van der Waals surface area contributed by atoms with Crippen LogP contribution in [0.5, 0.6) is 0 Å². The van der Waals surface area contributed by atoms with Gasteiger partial charge in [-0.25, -0.2) is 0 Å². The minimum Gasteiger partial charge on any atom is -0.395 e. The largest absolute Gasteiger partial charge is 0.395 e. The summed E-state index contributed by atoms with van der Waals surface area (Å²) in [5.41, 5.74) is 0. The molecule has 2 atom stereocenters. The lowest BCUT2D eigenvalue weighted by Crippen LogP contribution is -2.40. The highest BCUT2D eigenvalue weighted by Crippen LogP contribution is 2.20. The second-order valence-corrected chi connectivity index (χ2v) is 4.66. The maximum absolute atomic E-state index is 9.21. The van der Waals surface area contributed by atoms with Gasteiger partial charge < -0.3 is 10.0 Å². The molecule has 0 radical (unpaired) electrons. The van der Waals surface area contributed by atoms with Crippen molar-refractivity contribution >= 4 is 0 Å². The summed E-state index contributed by atoms with van der Waals surface area (Å²) in [5.74, 6) is 0. The average Bonchev–Trinajstić information content (AvgIpc) is 2.61. The predicted molar refractivity (Wildman–Crippen MR) is 59.4 cm³/mol. The second-order valence-electron chi connectivity index (χ2n) is 4.66. The van der Waals surface area contributed by atoms with E-state index < -0.39 is 0 Å². The van der Waals surface area contributed by atoms with Crippen molar-refractivity contribution in [2.75, 3.05) is 33.8 Å². The monoisotopic (exact) mass is 200 g/mol. The maximum Gasteiger partial charge on any atom is 0.0586 e. The molecular weight excluding hydrogens is 176 g/mol. The Hall–Kier alpha value is -0.120. The quantitative estimate of drug-likeness (QED) is 0.710. The Morgan fingerprint density at radius 2 is 2.21 bits per heavy atom. The van der Waals surface area contributed by atoms with E-state index in [9.17, 15) is 5.11 Å². The van der Waals surface area contributed by atoms with Crippen LogP contribution in [0.1, 0.15) is 26.2 Å². The number of likely N-dealkylation sites (tertiary alicyclic amines) is 1. The number of rotatable bonds is 5. The van der Waals surface area contributed by atoms with E-state index in [1.807, 2.05) is 0 Å². The van der Waals surface area contributed by atoms with Crippen LogP contribution >= 0.6 is 0 Å². The van der Waals surface area contributed by atoms with Crippen molar-refractivity contribution in [2.45, 2.75) is 38.3 Å². The normalized spacial score (nSPS) is 25.9. The summed E-state index contributed by atoms with van der Waals surface area (Å²) >= 11 is 0. The van der Waals surface area contributed by atoms with E-state index >= 15 is 0 Å². The van der Waals surface area contributed by atoms with Gasteiger partial charge in [-0.3, -0.25) is 4.90 Å². The first-order valence-corrected chi connectivity index (χ1v) is 5.66. The Morgan fingerprint density at radius 1 is 1.50 bits per heavy atom. The highest BCUT2D eigenvalue weighted by Gasteiger charge is 2.27. The van der Waals surface area contributed by atoms with Crippen molar-refractivity contribution in [1.29, 1.82) is 0 Å². The van der Waals surface area contributed by atoms with Crippen LogP contribution in [0.25, 0.3) is 0 Å². The van der Waals surface area contributed by atoms with Gasteiger partial charge in [-0.2, -0.15) is 0 Å². The van der Waals surface area contributed by atoms with Gasteiger partial charge in [-0.05, 0) is 53.4 Å². The smallest absolute Gasteiger partial charge is 0.0586 e. The Balaban J connectivity index is 2.31. The summed E-state index contributed by atoms with van der Waals surface area (Å²) in [6.45, 7) is 4.90. The lowest BCUT2D eigenvalue weighted by molar-refractivity contribution is 0.117. The standard InChI is InChI=1S/C11H24N2O/c1-10(6-8-12(2)3)13-7-4-5-11(13)9-14/h10-11,14H,4-9H2,1-3H3. The van der Waals surface area contributed by atoms with Gasteiger partial charge in [-0.1, -0.05) is 0 Å². The molecule has 0 aromatic carbocycles. The van der Waals surface area contributed by atoms with Gasteiger partial charge in [0.25, 0.3) is 0 Å². The van der Waals surface area contributed by atoms with E-state index in [4.69, 9.17) is 0 Å². The van der Waals surface area contributed by atoms with Crippen LogP contribution in [-0.2, 0) is 0 Å². The highest BCUT2D eigenvalue weighted by atomic mass is 16.3. The molecule has 1 saturated heterocycles. The molecule has 1 rings (SSSR count). The van der Waals surface area contributed by atoms with Crippen LogP contribution in [0.2, 0.25) is 0 Å². The molecule has 1 heterocycles. The zero-order valence-electron chi connectivity index (χ0n) is 9.74. The van der Waals surface area contributed by atoms with Gasteiger partial charge in [0.05, 0.1) is 6.61 Å². The SMILES string of the molecule is CC(CCN(C)C)N1CCCC1CO. The molecule has 1 fully saturated rings. The number of nitrogens with zero attached hydrogens (tertiary/aromatic N) is 2. The fourth-order valence-corrected chi connectivity index (χ4v) is 2.25. The molecule has 0 bridgehead atoms. The zero-order valence-corrected chi connectivity index (χ0v) is 9.74. The molecule has 0 spiro atoms. The van der Waals surface area contributed by atoms with Crippen molar-refractivity contribution in [3.8, 4) is 0 Å². The molecule has 14 heavy (non-hydrogen) atoms. The molecule has 1 N–H and O–H groups in total. The third-order valence-electron chi connectivity index (χ3n) is 3.19. The predicted octanol–water partition coefficient (Wildman–Crippen LogP) is 0.783. The second kappa shape index (κ2) is 5.69. The Kier molecular flexibility index (Phi) is 4.85. The average molecular weight is 200 g/mol. The highest BCUT2D eigenvalue weighted by molar-refractivity contribution is 4.82. The van der Waals surface area contributed by atoms with Crippen LogP contribution in [0.4, 0.5) is 0 Å². The van der Waals surface area contributed by atoms with E-state index in [0.717, 1.165) is 6.54 Å². The first-order chi connectivity index (χ1) is 6.65. The fourth-order valence-electron chi connectivity index (χ4n) is 2.25. The van der Waals surface area contributed by atoms with Gasteiger partial charge in [0.2, 0.25) is 0 Å². The van der Waals surface area contributed by atoms with Gasteiger partial charge in [0.1, 0.15) is 0 Å². The first kappa shape index (κ1) is 12.0. The van der Waals surface area contributed by atoms with E-state index in [1.54, 1.807) is 0 Å². The lowest BCUT2D eigenvalue weighted by atomic mass is 10.1. The molecule has 84 valence electrons. The van der Waals surface area contributed by atoms with Gasteiger partial charge in [0.15, 0.2) is 0 Å². The molecule has 1 aliphatic heterocycles. The fraction of sp³-hybridized carbons (Fsp3) is 1.00. The van der Waals surface area contributed by atoms with Gasteiger partial charge in [-0.15, -0.1) is 0 Å². The van der Waals surface area contributed by atoms with Crippen LogP contribution in [0.15, 0.2) is 0 Å². The van der Waals surface area contributed by atoms with Crippen molar-refractivity contribution in [1.82, 2.24) is 9.80 Å². The van der Waals surface area contributed by atoms with Crippen LogP contribution < -0.4 is 0 Å². The Morgan fingerprint density at radius 3 is 2.79 bits per heavy atom. The lowest BCUT2D eigenvalue weighted by Gasteiger charge is -2.30. The third-order valence-corrected chi connectivity index (χ3v) is 3.19. The molecule has 0 aromatic heterocycles. The van der Waals surface area contributed by atoms with Gasteiger partial charge >= 0.3 is 0 Å². The number of aliphatic hydroxyl groups excluding tert-OH is 1. The molecule has 2 unspecified atom stereocenters. The topological polar surface area (TPSA) is 26.7 Å². The molecule has 0 amide bonds. The van der Waals surface area contributed by atoms with Crippen LogP contribution in [-0.4, -0.2) is 60.8 Å². The number of aliphatic hydroxyl groups is 1. The van der Waals surface area contributed by atoms with Crippen molar-refractivity contribution in [2.24, 2.45) is 0 Å². The van der Waals surface area contributed by atoms with Crippen LogP contribution in [0.3, 0.4) is 0 Å². The first-order valence-electron chi connectivity index (χ1n) is 5.66. The molecule has 0 saturated carbocycles. The van der Waals surface area contributed by atoms with Gasteiger partial charge in [0, 0.05) is 12.1 Å². The van der Waals surface area contributed by atoms with Crippen molar-refractivity contribution in [3.05, 3.63) is 0 Å². The summed E-state index contributed by atoms with van der Waals surface area (Å²) in [5, 5.41) is 9.21. The van der Waals surface area contributed by atoms with Crippen molar-refractivity contribution < 1.29 is 5.11 Å². The number of hydrogen-bond acceptors (Lipinski definition) is 3. The molecule has 3 heteroatoms. The van der Waals surface area contributed by atoms with E-state index in [1.165, 1.54) is 25.8 Å². The summed E-state index contributed by atoms with van der Waals surface area (Å²) in [6, 6.07) is 1.03. The minimum atomic E-state index is 0.326. The zero-order chi connectivity index (χ0) is 10.6. The summed E-state index contributed by atoms with van der Waals surface area (Å²) in [6.07, 6.45) is 3.61. The summed E-state index contributed by atoms with van der Waals surface area (Å²) in [7, 11) is 4.22. The number of hydrogen-bond donors (Lipinski definition) is 1. The minimum absolute atomic E-state index is 0.326. The Labute approximate surface area is 87.7 Å². The van der Waals surface area contributed by atoms with E-state index in [2.05, 4.69) is 30.8 Å². The molecular formula is C11H24N2O. The Bertz CT molecular complexity index is 161.